The van der Waals surface area contributed by atoms with Crippen molar-refractivity contribution < 1.29 is 29.3 Å². The first-order valence-corrected chi connectivity index (χ1v) is 13.1. The molecule has 2 saturated heterocycles. The van der Waals surface area contributed by atoms with Crippen LogP contribution in [0.5, 0.6) is 0 Å². The molecule has 2 fully saturated rings. The number of nitrogens with zero attached hydrogens (tertiary/aromatic N) is 1. The third-order valence-corrected chi connectivity index (χ3v) is 8.34. The lowest BCUT2D eigenvalue weighted by atomic mass is 9.73. The van der Waals surface area contributed by atoms with Crippen molar-refractivity contribution in [3.8, 4) is 0 Å². The Morgan fingerprint density at radius 2 is 1.91 bits per heavy atom. The number of fused-ring (bicyclic) bond motifs is 1. The zero-order valence-corrected chi connectivity index (χ0v) is 21.9. The van der Waals surface area contributed by atoms with E-state index in [2.05, 4.69) is 11.9 Å². The summed E-state index contributed by atoms with van der Waals surface area (Å²) in [6, 6.07) is 0. The van der Waals surface area contributed by atoms with Gasteiger partial charge in [0.25, 0.3) is 0 Å². The Labute approximate surface area is 206 Å². The first kappa shape index (κ1) is 27.0. The Kier molecular flexibility index (Phi) is 8.38. The summed E-state index contributed by atoms with van der Waals surface area (Å²) in [6.45, 7) is 10.9. The molecule has 1 aromatic heterocycles. The zero-order chi connectivity index (χ0) is 25.3. The van der Waals surface area contributed by atoms with Gasteiger partial charge >= 0.3 is 5.97 Å². The first-order chi connectivity index (χ1) is 15.8. The number of aliphatic hydroxyl groups excluding tert-OH is 2. The molecule has 2 unspecified atom stereocenters. The lowest BCUT2D eigenvalue weighted by molar-refractivity contribution is -0.154. The van der Waals surface area contributed by atoms with Crippen LogP contribution in [0.4, 0.5) is 0 Å². The van der Waals surface area contributed by atoms with Crippen LogP contribution in [0.1, 0.15) is 77.4 Å². The molecule has 0 radical (unpaired) electrons. The molecule has 0 bridgehead atoms. The average Bonchev–Trinajstić information content (AvgIpc) is 3.19. The van der Waals surface area contributed by atoms with Gasteiger partial charge in [-0.25, -0.2) is 4.98 Å². The SMILES string of the molecule is Cc1nc(C=C[C@@H]2C[C@@H]3O[C@]3(C)CCC[C@H](C)[C@H](O)C(C)C(=O)C(C)(C)C(O)CC(=O)O2)cs1. The molecule has 2 aliphatic heterocycles. The summed E-state index contributed by atoms with van der Waals surface area (Å²) >= 11 is 1.55. The highest BCUT2D eigenvalue weighted by Gasteiger charge is 2.52. The molecule has 2 aliphatic rings. The minimum Gasteiger partial charge on any atom is -0.458 e. The van der Waals surface area contributed by atoms with Crippen molar-refractivity contribution in [2.45, 2.75) is 104 Å². The highest BCUT2D eigenvalue weighted by molar-refractivity contribution is 7.09. The predicted octanol–water partition coefficient (Wildman–Crippen LogP) is 4.09. The molecule has 1 aromatic rings. The van der Waals surface area contributed by atoms with E-state index in [9.17, 15) is 19.8 Å². The third kappa shape index (κ3) is 6.33. The second kappa shape index (κ2) is 10.6. The standard InChI is InChI=1S/C26H39NO6S/c1-15-8-7-11-26(6)21(33-26)12-19(10-9-18-14-34-17(3)27-18)32-22(29)13-20(28)25(4,5)24(31)16(2)23(15)30/h9-10,14-16,19-21,23,28,30H,7-8,11-13H2,1-6H3/t15-,16?,19+,20?,21-,23-,26+/m0/s1. The highest BCUT2D eigenvalue weighted by Crippen LogP contribution is 2.44. The molecule has 0 amide bonds. The third-order valence-electron chi connectivity index (χ3n) is 7.55. The maximum absolute atomic E-state index is 13.2. The topological polar surface area (TPSA) is 109 Å². The van der Waals surface area contributed by atoms with E-state index in [1.165, 1.54) is 0 Å². The number of carbonyl (C=O) groups excluding carboxylic acids is 2. The van der Waals surface area contributed by atoms with E-state index in [0.29, 0.717) is 6.42 Å². The van der Waals surface area contributed by atoms with E-state index in [1.54, 1.807) is 32.1 Å². The highest BCUT2D eigenvalue weighted by atomic mass is 32.1. The van der Waals surface area contributed by atoms with E-state index in [4.69, 9.17) is 9.47 Å². The van der Waals surface area contributed by atoms with Gasteiger partial charge in [-0.05, 0) is 44.8 Å². The Morgan fingerprint density at radius 1 is 1.21 bits per heavy atom. The number of aryl methyl sites for hydroxylation is 1. The number of ketones is 1. The van der Waals surface area contributed by atoms with Gasteiger partial charge in [0, 0.05) is 17.7 Å². The molecular formula is C26H39NO6S. The second-order valence-electron chi connectivity index (χ2n) is 10.8. The molecule has 8 heteroatoms. The Hall–Kier alpha value is -1.61. The van der Waals surface area contributed by atoms with Gasteiger partial charge in [0.1, 0.15) is 11.9 Å². The number of rotatable bonds is 2. The normalized spacial score (nSPS) is 37.9. The van der Waals surface area contributed by atoms with Gasteiger partial charge in [0.05, 0.1) is 46.5 Å². The smallest absolute Gasteiger partial charge is 0.309 e. The summed E-state index contributed by atoms with van der Waals surface area (Å²) < 4.78 is 11.7. The van der Waals surface area contributed by atoms with E-state index in [0.717, 1.165) is 30.0 Å². The van der Waals surface area contributed by atoms with Crippen LogP contribution in [-0.2, 0) is 19.1 Å². The summed E-state index contributed by atoms with van der Waals surface area (Å²) in [7, 11) is 0. The quantitative estimate of drug-likeness (QED) is 0.472. The Balaban J connectivity index is 1.81. The number of hydrogen-bond donors (Lipinski definition) is 2. The van der Waals surface area contributed by atoms with Crippen molar-refractivity contribution in [3.63, 3.8) is 0 Å². The van der Waals surface area contributed by atoms with E-state index in [1.807, 2.05) is 31.4 Å². The predicted molar refractivity (Wildman–Crippen MR) is 131 cm³/mol. The molecule has 34 heavy (non-hydrogen) atoms. The molecule has 0 aliphatic carbocycles. The zero-order valence-electron chi connectivity index (χ0n) is 21.1. The molecule has 7 nitrogen and oxygen atoms in total. The van der Waals surface area contributed by atoms with Crippen molar-refractivity contribution in [3.05, 3.63) is 22.2 Å². The van der Waals surface area contributed by atoms with Gasteiger partial charge in [-0.3, -0.25) is 9.59 Å². The minimum atomic E-state index is -1.22. The first-order valence-electron chi connectivity index (χ1n) is 12.2. The largest absolute Gasteiger partial charge is 0.458 e. The van der Waals surface area contributed by atoms with Crippen LogP contribution in [0.2, 0.25) is 0 Å². The molecule has 7 atom stereocenters. The number of cyclic esters (lactones) is 1. The lowest BCUT2D eigenvalue weighted by Gasteiger charge is -2.34. The minimum absolute atomic E-state index is 0.0397. The molecule has 2 N–H and O–H groups in total. The number of hydrogen-bond acceptors (Lipinski definition) is 8. The summed E-state index contributed by atoms with van der Waals surface area (Å²) in [5, 5.41) is 24.5. The molecule has 3 heterocycles. The summed E-state index contributed by atoms with van der Waals surface area (Å²) in [5.74, 6) is -1.55. The fourth-order valence-corrected chi connectivity index (χ4v) is 5.40. The number of thiazole rings is 1. The van der Waals surface area contributed by atoms with Gasteiger partial charge in [-0.15, -0.1) is 11.3 Å². The van der Waals surface area contributed by atoms with Crippen molar-refractivity contribution >= 4 is 29.2 Å². The number of ether oxygens (including phenoxy) is 2. The van der Waals surface area contributed by atoms with Crippen molar-refractivity contribution in [2.75, 3.05) is 0 Å². The van der Waals surface area contributed by atoms with E-state index >= 15 is 0 Å². The Morgan fingerprint density at radius 3 is 2.56 bits per heavy atom. The van der Waals surface area contributed by atoms with Crippen molar-refractivity contribution in [1.82, 2.24) is 4.98 Å². The number of aliphatic hydroxyl groups is 2. The Bertz CT molecular complexity index is 911. The summed E-state index contributed by atoms with van der Waals surface area (Å²) in [5.41, 5.74) is -0.684. The fourth-order valence-electron chi connectivity index (χ4n) is 4.82. The maximum atomic E-state index is 13.2. The molecule has 190 valence electrons. The van der Waals surface area contributed by atoms with Gasteiger partial charge in [0.15, 0.2) is 0 Å². The van der Waals surface area contributed by atoms with Crippen LogP contribution >= 0.6 is 11.3 Å². The van der Waals surface area contributed by atoms with Gasteiger partial charge in [-0.2, -0.15) is 0 Å². The second-order valence-corrected chi connectivity index (χ2v) is 11.9. The number of epoxide rings is 1. The lowest BCUT2D eigenvalue weighted by Crippen LogP contribution is -2.45. The fraction of sp³-hybridized carbons (Fsp3) is 0.731. The van der Waals surface area contributed by atoms with Crippen LogP contribution in [0.25, 0.3) is 6.08 Å². The van der Waals surface area contributed by atoms with E-state index in [-0.39, 0.29) is 29.8 Å². The van der Waals surface area contributed by atoms with E-state index < -0.39 is 35.6 Å². The average molecular weight is 494 g/mol. The summed E-state index contributed by atoms with van der Waals surface area (Å²) in [6.07, 6.45) is 3.72. The van der Waals surface area contributed by atoms with Crippen LogP contribution in [0.3, 0.4) is 0 Å². The molecule has 3 rings (SSSR count). The molecular weight excluding hydrogens is 454 g/mol. The van der Waals surface area contributed by atoms with Gasteiger partial charge < -0.3 is 19.7 Å². The van der Waals surface area contributed by atoms with Gasteiger partial charge in [0.2, 0.25) is 0 Å². The van der Waals surface area contributed by atoms with Crippen LogP contribution < -0.4 is 0 Å². The van der Waals surface area contributed by atoms with Crippen molar-refractivity contribution in [2.24, 2.45) is 17.3 Å². The number of esters is 1. The summed E-state index contributed by atoms with van der Waals surface area (Å²) in [4.78, 5) is 30.4. The van der Waals surface area contributed by atoms with Gasteiger partial charge in [-0.1, -0.05) is 34.1 Å². The molecule has 0 spiro atoms. The van der Waals surface area contributed by atoms with Crippen LogP contribution in [0, 0.1) is 24.2 Å². The maximum Gasteiger partial charge on any atom is 0.309 e. The number of aromatic nitrogens is 1. The molecule has 0 aromatic carbocycles. The van der Waals surface area contributed by atoms with Crippen molar-refractivity contribution in [1.29, 1.82) is 0 Å². The number of Topliss-reactive ketones (excluding diaryl/α,β-unsaturated/α-hetero) is 1. The number of carbonyl (C=O) groups is 2. The van der Waals surface area contributed by atoms with Crippen LogP contribution in [0.15, 0.2) is 11.5 Å². The molecule has 0 saturated carbocycles. The van der Waals surface area contributed by atoms with Crippen LogP contribution in [-0.4, -0.2) is 57.0 Å². The monoisotopic (exact) mass is 493 g/mol.